The first-order valence-corrected chi connectivity index (χ1v) is 11.6. The van der Waals surface area contributed by atoms with Crippen LogP contribution in [0.1, 0.15) is 30.1 Å². The first-order chi connectivity index (χ1) is 16.6. The maximum Gasteiger partial charge on any atom is 0.299 e. The molecule has 0 saturated heterocycles. The molecule has 2 aromatic rings. The molecular weight excluding hydrogens is 456 g/mol. The number of ether oxygens (including phenoxy) is 2. The number of amides is 1. The second kappa shape index (κ2) is 11.2. The lowest BCUT2D eigenvalue weighted by atomic mass is 10.1. The molecule has 2 heterocycles. The third-order valence-corrected chi connectivity index (χ3v) is 5.81. The van der Waals surface area contributed by atoms with Gasteiger partial charge in [0.2, 0.25) is 11.7 Å². The summed E-state index contributed by atoms with van der Waals surface area (Å²) in [7, 11) is 1.77. The zero-order valence-electron chi connectivity index (χ0n) is 19.3. The van der Waals surface area contributed by atoms with E-state index in [1.807, 2.05) is 25.1 Å². The normalized spacial score (nSPS) is 17.4. The third kappa shape index (κ3) is 5.44. The van der Waals surface area contributed by atoms with Crippen molar-refractivity contribution in [2.24, 2.45) is 15.2 Å². The van der Waals surface area contributed by atoms with Crippen LogP contribution in [0.5, 0.6) is 5.75 Å². The zero-order chi connectivity index (χ0) is 23.9. The van der Waals surface area contributed by atoms with E-state index in [9.17, 15) is 4.79 Å². The average molecular weight is 485 g/mol. The monoisotopic (exact) mass is 484 g/mol. The molecule has 1 atom stereocenters. The van der Waals surface area contributed by atoms with Crippen molar-refractivity contribution in [3.05, 3.63) is 53.1 Å². The second-order valence-electron chi connectivity index (χ2n) is 7.90. The van der Waals surface area contributed by atoms with E-state index in [-0.39, 0.29) is 5.91 Å². The van der Waals surface area contributed by atoms with Gasteiger partial charge >= 0.3 is 0 Å². The second-order valence-corrected chi connectivity index (χ2v) is 8.31. The van der Waals surface area contributed by atoms with Gasteiger partial charge in [0, 0.05) is 32.1 Å². The molecule has 2 aliphatic rings. The van der Waals surface area contributed by atoms with Crippen molar-refractivity contribution in [3.63, 3.8) is 0 Å². The Morgan fingerprint density at radius 1 is 1.24 bits per heavy atom. The van der Waals surface area contributed by atoms with Crippen LogP contribution in [0.2, 0.25) is 5.02 Å². The number of rotatable bonds is 10. The number of nitrogens with one attached hydrogen (secondary N) is 3. The summed E-state index contributed by atoms with van der Waals surface area (Å²) in [6.45, 7) is 4.28. The number of hydrogen-bond donors (Lipinski definition) is 3. The van der Waals surface area contributed by atoms with Gasteiger partial charge in [0.1, 0.15) is 18.5 Å². The molecule has 0 fully saturated rings. The molecule has 0 saturated carbocycles. The van der Waals surface area contributed by atoms with Crippen molar-refractivity contribution >= 4 is 46.4 Å². The van der Waals surface area contributed by atoms with Crippen molar-refractivity contribution in [2.45, 2.75) is 19.8 Å². The van der Waals surface area contributed by atoms with E-state index in [2.05, 4.69) is 25.6 Å². The Kier molecular flexibility index (Phi) is 7.89. The van der Waals surface area contributed by atoms with Gasteiger partial charge in [-0.2, -0.15) is 0 Å². The van der Waals surface area contributed by atoms with Crippen LogP contribution in [0.15, 0.2) is 57.7 Å². The number of halogens is 1. The molecule has 4 N–H and O–H groups in total. The fourth-order valence-corrected chi connectivity index (χ4v) is 3.97. The molecule has 0 aliphatic carbocycles. The van der Waals surface area contributed by atoms with Crippen LogP contribution >= 0.6 is 11.6 Å². The fourth-order valence-electron chi connectivity index (χ4n) is 3.75. The maximum absolute atomic E-state index is 12.2. The van der Waals surface area contributed by atoms with Crippen molar-refractivity contribution in [2.75, 3.05) is 38.7 Å². The largest absolute Gasteiger partial charge is 0.486 e. The van der Waals surface area contributed by atoms with Gasteiger partial charge in [0.25, 0.3) is 11.7 Å². The highest BCUT2D eigenvalue weighted by molar-refractivity contribution is 6.44. The van der Waals surface area contributed by atoms with E-state index in [4.69, 9.17) is 21.3 Å². The first-order valence-electron chi connectivity index (χ1n) is 11.3. The number of quaternary nitrogens is 1. The molecule has 10 heteroatoms. The summed E-state index contributed by atoms with van der Waals surface area (Å²) in [6.07, 6.45) is 1.61. The van der Waals surface area contributed by atoms with E-state index >= 15 is 0 Å². The van der Waals surface area contributed by atoms with E-state index < -0.39 is 0 Å². The molecule has 1 unspecified atom stereocenters. The van der Waals surface area contributed by atoms with E-state index in [0.29, 0.717) is 42.7 Å². The smallest absolute Gasteiger partial charge is 0.299 e. The predicted octanol–water partition coefficient (Wildman–Crippen LogP) is 2.17. The van der Waals surface area contributed by atoms with Gasteiger partial charge in [-0.15, -0.1) is 0 Å². The summed E-state index contributed by atoms with van der Waals surface area (Å²) in [5.74, 6) is 2.93. The van der Waals surface area contributed by atoms with Crippen LogP contribution in [0.25, 0.3) is 0 Å². The topological polar surface area (TPSA) is 105 Å². The summed E-state index contributed by atoms with van der Waals surface area (Å²) < 4.78 is 9.85. The summed E-state index contributed by atoms with van der Waals surface area (Å²) in [5.41, 5.74) is 2.44. The predicted molar refractivity (Wildman–Crippen MR) is 135 cm³/mol. The highest BCUT2D eigenvalue weighted by Crippen LogP contribution is 2.27. The van der Waals surface area contributed by atoms with Crippen LogP contribution < -0.4 is 20.3 Å². The molecular formula is C24H29ClN6O3+2. The molecule has 0 radical (unpaired) electrons. The van der Waals surface area contributed by atoms with Gasteiger partial charge in [-0.25, -0.2) is 4.90 Å². The molecule has 2 aliphatic heterocycles. The number of nitrogens with zero attached hydrogens (tertiary/aromatic N) is 3. The zero-order valence-corrected chi connectivity index (χ0v) is 20.0. The minimum absolute atomic E-state index is 0.166. The highest BCUT2D eigenvalue weighted by atomic mass is 35.5. The molecule has 2 aromatic carbocycles. The Morgan fingerprint density at radius 3 is 2.91 bits per heavy atom. The number of carbonyl (C=O) groups excluding carboxylic acids is 1. The maximum atomic E-state index is 12.2. The number of benzene rings is 2. The average Bonchev–Trinajstić information content (AvgIpc) is 3.23. The number of aliphatic hydroxyl groups is 2. The molecule has 0 spiro atoms. The van der Waals surface area contributed by atoms with Gasteiger partial charge in [0.15, 0.2) is 18.9 Å². The molecule has 4 rings (SSSR count). The fraction of sp³-hybridized carbons (Fsp3) is 0.333. The van der Waals surface area contributed by atoms with Gasteiger partial charge in [-0.3, -0.25) is 9.79 Å². The standard InChI is InChI=1S/C24H27ClN6O3/c1-16-29-30-23-22(26-11-5-6-12-27-24(32)18-7-3-4-8-19(18)25)28-20-15-17(34-14-13-33-2)9-10-21(20)31(16)23/h3-4,7-10,15H,5-6,11-14H2,1-2H3,(H,26,28)(H,27,32)/p+2. The number of unbranched alkanes of at least 4 members (excludes halogenated alkanes) is 1. The van der Waals surface area contributed by atoms with Gasteiger partial charge in [0.05, 0.1) is 10.6 Å². The minimum atomic E-state index is -0.166. The molecule has 0 aromatic heterocycles. The van der Waals surface area contributed by atoms with Crippen LogP contribution in [0.3, 0.4) is 0 Å². The van der Waals surface area contributed by atoms with Crippen molar-refractivity contribution < 1.29 is 19.2 Å². The lowest BCUT2D eigenvalue weighted by molar-refractivity contribution is -0.612. The van der Waals surface area contributed by atoms with Gasteiger partial charge in [-0.05, 0) is 31.0 Å². The van der Waals surface area contributed by atoms with Crippen molar-refractivity contribution in [3.8, 4) is 5.75 Å². The number of anilines is 1. The third-order valence-electron chi connectivity index (χ3n) is 5.48. The van der Waals surface area contributed by atoms with Crippen molar-refractivity contribution in [1.82, 2.24) is 5.32 Å². The Labute approximate surface area is 203 Å². The first kappa shape index (κ1) is 23.9. The number of fused-ring (bicyclic) bond motifs is 3. The Balaban J connectivity index is 1.34. The van der Waals surface area contributed by atoms with Crippen LogP contribution in [-0.2, 0) is 0 Å². The molecule has 34 heavy (non-hydrogen) atoms. The highest BCUT2D eigenvalue weighted by Gasteiger charge is 2.39. The molecule has 0 bridgehead atoms. The summed E-state index contributed by atoms with van der Waals surface area (Å²) in [4.78, 5) is 18.0. The lowest BCUT2D eigenvalue weighted by Crippen LogP contribution is -3.13. The Morgan fingerprint density at radius 2 is 2.09 bits per heavy atom. The Hall–Kier alpha value is -3.27. The van der Waals surface area contributed by atoms with Crippen LogP contribution in [-0.4, -0.2) is 61.6 Å². The molecule has 1 amide bonds. The van der Waals surface area contributed by atoms with Crippen LogP contribution in [0.4, 0.5) is 11.4 Å². The summed E-state index contributed by atoms with van der Waals surface area (Å²) in [6, 6.07) is 13.0. The Bertz CT molecular complexity index is 1150. The number of carbonyl (C=O) groups is 1. The molecule has 9 nitrogen and oxygen atoms in total. The summed E-state index contributed by atoms with van der Waals surface area (Å²) >= 11 is 6.08. The minimum Gasteiger partial charge on any atom is -0.486 e. The number of hydrogen-bond acceptors (Lipinski definition) is 5. The quantitative estimate of drug-likeness (QED) is 0.355. The van der Waals surface area contributed by atoms with Gasteiger partial charge in [-0.1, -0.05) is 33.9 Å². The lowest BCUT2D eigenvalue weighted by Gasteiger charge is -2.24. The van der Waals surface area contributed by atoms with Gasteiger partial charge < -0.3 is 20.1 Å². The van der Waals surface area contributed by atoms with E-state index in [0.717, 1.165) is 46.5 Å². The SMILES string of the molecule is C[OH+]CCOc1ccc2c(c1)NC(=NCCCCNC(=O)c1ccccc1Cl)C1=NN=C(C)[NH+]12. The van der Waals surface area contributed by atoms with E-state index in [1.165, 1.54) is 0 Å². The number of amidine groups is 3. The van der Waals surface area contributed by atoms with Crippen molar-refractivity contribution in [1.29, 1.82) is 0 Å². The van der Waals surface area contributed by atoms with Crippen LogP contribution in [0, 0.1) is 0 Å². The summed E-state index contributed by atoms with van der Waals surface area (Å²) in [5, 5.41) is 15.4. The number of aliphatic imine (C=N–C) groups is 1. The van der Waals surface area contributed by atoms with E-state index in [1.54, 1.807) is 31.4 Å². The molecule has 178 valence electrons.